The second-order valence-corrected chi connectivity index (χ2v) is 4.60. The van der Waals surface area contributed by atoms with Crippen molar-refractivity contribution in [3.63, 3.8) is 0 Å². The van der Waals surface area contributed by atoms with Gasteiger partial charge in [-0.05, 0) is 25.0 Å². The molecule has 108 valence electrons. The maximum Gasteiger partial charge on any atom is 0.257 e. The van der Waals surface area contributed by atoms with Crippen molar-refractivity contribution in [3.05, 3.63) is 36.4 Å². The average Bonchev–Trinajstić information content (AvgIpc) is 3.16. The molecule has 0 aromatic carbocycles. The van der Waals surface area contributed by atoms with E-state index in [1.165, 1.54) is 0 Å². The molecule has 0 atom stereocenters. The standard InChI is InChI=1S/C13H16N8/c1-3-5-14-11-17-12(20-7-4-6-15-20)19-13(18-11)21-9-10(2)8-16-21/h4,6-9H,3,5H2,1-2H3,(H,14,17,18,19). The molecule has 0 fully saturated rings. The zero-order chi connectivity index (χ0) is 14.7. The van der Waals surface area contributed by atoms with Crippen LogP contribution in [0.2, 0.25) is 0 Å². The van der Waals surface area contributed by atoms with E-state index in [2.05, 4.69) is 37.4 Å². The van der Waals surface area contributed by atoms with Crippen LogP contribution in [0.15, 0.2) is 30.9 Å². The van der Waals surface area contributed by atoms with E-state index in [9.17, 15) is 0 Å². The van der Waals surface area contributed by atoms with E-state index in [1.807, 2.05) is 19.2 Å². The van der Waals surface area contributed by atoms with Gasteiger partial charge in [0.1, 0.15) is 0 Å². The number of nitrogens with zero attached hydrogens (tertiary/aromatic N) is 7. The fraction of sp³-hybridized carbons (Fsp3) is 0.308. The minimum absolute atomic E-state index is 0.455. The summed E-state index contributed by atoms with van der Waals surface area (Å²) in [5, 5.41) is 11.6. The first-order chi connectivity index (χ1) is 10.3. The largest absolute Gasteiger partial charge is 0.354 e. The highest BCUT2D eigenvalue weighted by Gasteiger charge is 2.10. The topological polar surface area (TPSA) is 86.3 Å². The summed E-state index contributed by atoms with van der Waals surface area (Å²) in [6, 6.07) is 1.82. The Morgan fingerprint density at radius 3 is 2.52 bits per heavy atom. The van der Waals surface area contributed by atoms with Crippen LogP contribution in [0.5, 0.6) is 0 Å². The third-order valence-corrected chi connectivity index (χ3v) is 2.77. The van der Waals surface area contributed by atoms with E-state index in [-0.39, 0.29) is 0 Å². The molecule has 0 saturated heterocycles. The van der Waals surface area contributed by atoms with E-state index >= 15 is 0 Å². The predicted octanol–water partition coefficient (Wildman–Crippen LogP) is 1.37. The van der Waals surface area contributed by atoms with E-state index < -0.39 is 0 Å². The van der Waals surface area contributed by atoms with Gasteiger partial charge in [0.15, 0.2) is 0 Å². The first-order valence-electron chi connectivity index (χ1n) is 6.78. The highest BCUT2D eigenvalue weighted by molar-refractivity contribution is 5.32. The van der Waals surface area contributed by atoms with Crippen LogP contribution in [0.3, 0.4) is 0 Å². The van der Waals surface area contributed by atoms with Crippen LogP contribution in [0.25, 0.3) is 11.9 Å². The van der Waals surface area contributed by atoms with E-state index in [0.29, 0.717) is 17.8 Å². The van der Waals surface area contributed by atoms with Crippen LogP contribution in [-0.4, -0.2) is 41.1 Å². The average molecular weight is 284 g/mol. The van der Waals surface area contributed by atoms with Crippen molar-refractivity contribution in [3.8, 4) is 11.9 Å². The molecule has 3 aromatic rings. The van der Waals surface area contributed by atoms with Crippen molar-refractivity contribution in [1.29, 1.82) is 0 Å². The zero-order valence-corrected chi connectivity index (χ0v) is 11.9. The van der Waals surface area contributed by atoms with Crippen LogP contribution >= 0.6 is 0 Å². The number of hydrogen-bond donors (Lipinski definition) is 1. The molecule has 8 nitrogen and oxygen atoms in total. The lowest BCUT2D eigenvalue weighted by Crippen LogP contribution is -2.13. The molecule has 1 N–H and O–H groups in total. The molecule has 3 heterocycles. The number of nitrogens with one attached hydrogen (secondary N) is 1. The lowest BCUT2D eigenvalue weighted by atomic mass is 10.4. The Labute approximate surface area is 121 Å². The maximum absolute atomic E-state index is 4.41. The fourth-order valence-electron chi connectivity index (χ4n) is 1.78. The lowest BCUT2D eigenvalue weighted by molar-refractivity contribution is 0.743. The summed E-state index contributed by atoms with van der Waals surface area (Å²) in [7, 11) is 0. The number of rotatable bonds is 5. The summed E-state index contributed by atoms with van der Waals surface area (Å²) in [4.78, 5) is 13.2. The molecule has 0 amide bonds. The van der Waals surface area contributed by atoms with Crippen molar-refractivity contribution < 1.29 is 0 Å². The van der Waals surface area contributed by atoms with Crippen molar-refractivity contribution >= 4 is 5.95 Å². The van der Waals surface area contributed by atoms with Gasteiger partial charge in [0.25, 0.3) is 11.9 Å². The quantitative estimate of drug-likeness (QED) is 0.761. The normalized spacial score (nSPS) is 10.8. The Morgan fingerprint density at radius 1 is 1.10 bits per heavy atom. The van der Waals surface area contributed by atoms with Crippen molar-refractivity contribution in [2.75, 3.05) is 11.9 Å². The van der Waals surface area contributed by atoms with Gasteiger partial charge >= 0.3 is 0 Å². The number of hydrogen-bond acceptors (Lipinski definition) is 6. The van der Waals surface area contributed by atoms with Gasteiger partial charge < -0.3 is 5.32 Å². The Bertz CT molecular complexity index is 716. The fourth-order valence-corrected chi connectivity index (χ4v) is 1.78. The second kappa shape index (κ2) is 5.70. The summed E-state index contributed by atoms with van der Waals surface area (Å²) in [5.41, 5.74) is 1.04. The molecule has 3 aromatic heterocycles. The molecule has 0 unspecified atom stereocenters. The summed E-state index contributed by atoms with van der Waals surface area (Å²) in [6.07, 6.45) is 8.08. The minimum Gasteiger partial charge on any atom is -0.354 e. The van der Waals surface area contributed by atoms with Crippen LogP contribution in [0.1, 0.15) is 18.9 Å². The Morgan fingerprint density at radius 2 is 1.90 bits per heavy atom. The Hall–Kier alpha value is -2.77. The van der Waals surface area contributed by atoms with Gasteiger partial charge in [0.05, 0.1) is 6.20 Å². The van der Waals surface area contributed by atoms with Crippen LogP contribution in [0.4, 0.5) is 5.95 Å². The first-order valence-corrected chi connectivity index (χ1v) is 6.78. The lowest BCUT2D eigenvalue weighted by Gasteiger charge is -2.08. The van der Waals surface area contributed by atoms with Crippen LogP contribution < -0.4 is 5.32 Å². The summed E-state index contributed by atoms with van der Waals surface area (Å²) >= 11 is 0. The van der Waals surface area contributed by atoms with Crippen LogP contribution in [0, 0.1) is 6.92 Å². The van der Waals surface area contributed by atoms with Crippen molar-refractivity contribution in [2.45, 2.75) is 20.3 Å². The highest BCUT2D eigenvalue weighted by Crippen LogP contribution is 2.09. The third kappa shape index (κ3) is 2.88. The second-order valence-electron chi connectivity index (χ2n) is 4.60. The van der Waals surface area contributed by atoms with Crippen LogP contribution in [-0.2, 0) is 0 Å². The van der Waals surface area contributed by atoms with Gasteiger partial charge in [-0.3, -0.25) is 0 Å². The third-order valence-electron chi connectivity index (χ3n) is 2.77. The Balaban J connectivity index is 2.04. The van der Waals surface area contributed by atoms with E-state index in [4.69, 9.17) is 0 Å². The molecule has 8 heteroatoms. The molecule has 0 saturated carbocycles. The molecule has 0 spiro atoms. The monoisotopic (exact) mass is 284 g/mol. The first kappa shape index (κ1) is 13.2. The molecule has 3 rings (SSSR count). The molecule has 0 bridgehead atoms. The maximum atomic E-state index is 4.41. The smallest absolute Gasteiger partial charge is 0.257 e. The summed E-state index contributed by atoms with van der Waals surface area (Å²) < 4.78 is 3.22. The van der Waals surface area contributed by atoms with Gasteiger partial charge in [0, 0.05) is 25.1 Å². The van der Waals surface area contributed by atoms with Gasteiger partial charge in [-0.2, -0.15) is 25.1 Å². The molecule has 21 heavy (non-hydrogen) atoms. The van der Waals surface area contributed by atoms with Crippen molar-refractivity contribution in [2.24, 2.45) is 0 Å². The number of anilines is 1. The van der Waals surface area contributed by atoms with Gasteiger partial charge in [-0.15, -0.1) is 0 Å². The molecule has 0 aliphatic rings. The van der Waals surface area contributed by atoms with Crippen molar-refractivity contribution in [1.82, 2.24) is 34.5 Å². The van der Waals surface area contributed by atoms with E-state index in [0.717, 1.165) is 18.5 Å². The zero-order valence-electron chi connectivity index (χ0n) is 11.9. The Kier molecular flexibility index (Phi) is 3.59. The molecular formula is C13H16N8. The minimum atomic E-state index is 0.455. The summed E-state index contributed by atoms with van der Waals surface area (Å²) in [5.74, 6) is 1.43. The SMILES string of the molecule is CCCNc1nc(-n2cccn2)nc(-n2cc(C)cn2)n1. The summed E-state index contributed by atoms with van der Waals surface area (Å²) in [6.45, 7) is 4.84. The van der Waals surface area contributed by atoms with Gasteiger partial charge in [-0.25, -0.2) is 9.36 Å². The van der Waals surface area contributed by atoms with Gasteiger partial charge in [-0.1, -0.05) is 6.92 Å². The van der Waals surface area contributed by atoms with E-state index in [1.54, 1.807) is 28.0 Å². The highest BCUT2D eigenvalue weighted by atomic mass is 15.4. The number of aryl methyl sites for hydroxylation is 1. The number of aromatic nitrogens is 7. The molecule has 0 aliphatic carbocycles. The predicted molar refractivity (Wildman–Crippen MR) is 77.6 cm³/mol. The molecule has 0 aliphatic heterocycles. The molecular weight excluding hydrogens is 268 g/mol. The molecule has 0 radical (unpaired) electrons. The van der Waals surface area contributed by atoms with Gasteiger partial charge in [0.2, 0.25) is 5.95 Å².